The lowest BCUT2D eigenvalue weighted by Gasteiger charge is -2.12. The maximum atomic E-state index is 12.2. The summed E-state index contributed by atoms with van der Waals surface area (Å²) < 4.78 is 0. The molecular weight excluding hydrogens is 240 g/mol. The van der Waals surface area contributed by atoms with E-state index < -0.39 is 0 Å². The number of rotatable bonds is 3. The fourth-order valence-corrected chi connectivity index (χ4v) is 2.50. The highest BCUT2D eigenvalue weighted by molar-refractivity contribution is 6.05. The van der Waals surface area contributed by atoms with Crippen molar-refractivity contribution in [2.24, 2.45) is 0 Å². The van der Waals surface area contributed by atoms with Crippen molar-refractivity contribution < 1.29 is 9.63 Å². The summed E-state index contributed by atoms with van der Waals surface area (Å²) in [7, 11) is 0. The molecule has 1 aliphatic rings. The van der Waals surface area contributed by atoms with Gasteiger partial charge in [-0.05, 0) is 31.0 Å². The van der Waals surface area contributed by atoms with Crippen LogP contribution in [-0.4, -0.2) is 17.0 Å². The number of nitrogens with one attached hydrogen (secondary N) is 1. The van der Waals surface area contributed by atoms with Crippen molar-refractivity contribution in [1.29, 1.82) is 0 Å². The molecule has 1 saturated carbocycles. The van der Waals surface area contributed by atoms with E-state index in [2.05, 4.69) is 10.5 Å². The molecule has 0 radical (unpaired) electrons. The van der Waals surface area contributed by atoms with Crippen molar-refractivity contribution in [1.82, 2.24) is 10.5 Å². The monoisotopic (exact) mass is 256 g/mol. The van der Waals surface area contributed by atoms with Gasteiger partial charge < -0.3 is 0 Å². The first-order valence-corrected chi connectivity index (χ1v) is 6.64. The van der Waals surface area contributed by atoms with Gasteiger partial charge in [0, 0.05) is 11.6 Å². The average molecular weight is 256 g/mol. The Kier molecular flexibility index (Phi) is 3.42. The van der Waals surface area contributed by atoms with Crippen molar-refractivity contribution in [3.8, 4) is 0 Å². The zero-order valence-corrected chi connectivity index (χ0v) is 10.6. The van der Waals surface area contributed by atoms with Gasteiger partial charge in [-0.3, -0.25) is 14.6 Å². The van der Waals surface area contributed by atoms with Crippen LogP contribution in [0.4, 0.5) is 0 Å². The van der Waals surface area contributed by atoms with Crippen LogP contribution in [0.15, 0.2) is 36.5 Å². The highest BCUT2D eigenvalue weighted by Gasteiger charge is 2.18. The zero-order chi connectivity index (χ0) is 13.1. The lowest BCUT2D eigenvalue weighted by atomic mass is 10.1. The number of carbonyl (C=O) groups excluding carboxylic acids is 1. The number of hydrogen-bond acceptors (Lipinski definition) is 3. The maximum Gasteiger partial charge on any atom is 0.275 e. The molecule has 1 aromatic carbocycles. The van der Waals surface area contributed by atoms with Crippen LogP contribution >= 0.6 is 0 Å². The van der Waals surface area contributed by atoms with E-state index >= 15 is 0 Å². The van der Waals surface area contributed by atoms with Crippen molar-refractivity contribution in [3.63, 3.8) is 0 Å². The van der Waals surface area contributed by atoms with Crippen LogP contribution in [0.3, 0.4) is 0 Å². The van der Waals surface area contributed by atoms with E-state index in [0.29, 0.717) is 5.56 Å². The van der Waals surface area contributed by atoms with Crippen LogP contribution in [0.25, 0.3) is 10.9 Å². The minimum Gasteiger partial charge on any atom is -0.270 e. The van der Waals surface area contributed by atoms with E-state index in [1.54, 1.807) is 12.3 Å². The highest BCUT2D eigenvalue weighted by Crippen LogP contribution is 2.20. The second-order valence-electron chi connectivity index (χ2n) is 4.83. The van der Waals surface area contributed by atoms with Crippen LogP contribution in [0.1, 0.15) is 36.0 Å². The summed E-state index contributed by atoms with van der Waals surface area (Å²) in [6, 6.07) is 9.24. The third-order valence-corrected chi connectivity index (χ3v) is 3.51. The molecule has 1 amide bonds. The van der Waals surface area contributed by atoms with Crippen molar-refractivity contribution in [2.75, 3.05) is 0 Å². The topological polar surface area (TPSA) is 51.2 Å². The molecule has 1 aliphatic carbocycles. The highest BCUT2D eigenvalue weighted by atomic mass is 16.7. The second-order valence-corrected chi connectivity index (χ2v) is 4.83. The minimum absolute atomic E-state index is 0.164. The molecule has 98 valence electrons. The molecule has 0 saturated heterocycles. The number of hydrogen-bond donors (Lipinski definition) is 1. The Bertz CT molecular complexity index is 586. The Morgan fingerprint density at radius 2 is 2.05 bits per heavy atom. The number of carbonyl (C=O) groups is 1. The smallest absolute Gasteiger partial charge is 0.270 e. The van der Waals surface area contributed by atoms with Gasteiger partial charge in [-0.2, -0.15) is 0 Å². The zero-order valence-electron chi connectivity index (χ0n) is 10.6. The molecule has 19 heavy (non-hydrogen) atoms. The van der Waals surface area contributed by atoms with Crippen molar-refractivity contribution in [3.05, 3.63) is 42.1 Å². The molecule has 0 atom stereocenters. The van der Waals surface area contributed by atoms with Crippen LogP contribution in [0.2, 0.25) is 0 Å². The van der Waals surface area contributed by atoms with Gasteiger partial charge in [-0.1, -0.05) is 25.0 Å². The first kappa shape index (κ1) is 12.1. The van der Waals surface area contributed by atoms with Gasteiger partial charge in [0.25, 0.3) is 5.91 Å². The molecule has 2 aromatic rings. The van der Waals surface area contributed by atoms with Gasteiger partial charge >= 0.3 is 0 Å². The lowest BCUT2D eigenvalue weighted by molar-refractivity contribution is -0.0123. The number of aromatic nitrogens is 1. The van der Waals surface area contributed by atoms with Crippen molar-refractivity contribution >= 4 is 16.8 Å². The number of benzene rings is 1. The molecule has 0 aliphatic heterocycles. The predicted molar refractivity (Wildman–Crippen MR) is 72.6 cm³/mol. The molecule has 4 nitrogen and oxygen atoms in total. The first-order valence-electron chi connectivity index (χ1n) is 6.64. The molecule has 1 N–H and O–H groups in total. The Balaban J connectivity index is 1.77. The second kappa shape index (κ2) is 5.36. The normalized spacial score (nSPS) is 15.8. The molecule has 0 spiro atoms. The van der Waals surface area contributed by atoms with Gasteiger partial charge in [0.15, 0.2) is 0 Å². The number of amides is 1. The van der Waals surface area contributed by atoms with Crippen LogP contribution in [0, 0.1) is 0 Å². The quantitative estimate of drug-likeness (QED) is 0.859. The summed E-state index contributed by atoms with van der Waals surface area (Å²) in [5.41, 5.74) is 3.98. The molecule has 0 unspecified atom stereocenters. The Hall–Kier alpha value is -1.94. The number of pyridine rings is 1. The minimum atomic E-state index is -0.203. The van der Waals surface area contributed by atoms with E-state index in [0.717, 1.165) is 23.7 Å². The SMILES string of the molecule is O=C(NOC1CCCC1)c1cccc2ncccc12. The molecule has 4 heteroatoms. The lowest BCUT2D eigenvalue weighted by Crippen LogP contribution is -2.28. The molecule has 1 aromatic heterocycles. The van der Waals surface area contributed by atoms with E-state index in [4.69, 9.17) is 4.84 Å². The largest absolute Gasteiger partial charge is 0.275 e. The van der Waals surface area contributed by atoms with Gasteiger partial charge in [-0.25, -0.2) is 5.48 Å². The van der Waals surface area contributed by atoms with E-state index in [1.807, 2.05) is 24.3 Å². The van der Waals surface area contributed by atoms with Gasteiger partial charge in [0.05, 0.1) is 17.2 Å². The third kappa shape index (κ3) is 2.58. The summed E-state index contributed by atoms with van der Waals surface area (Å²) in [6.07, 6.45) is 6.29. The first-order chi connectivity index (χ1) is 9.34. The van der Waals surface area contributed by atoms with E-state index in [1.165, 1.54) is 12.8 Å². The van der Waals surface area contributed by atoms with Crippen LogP contribution in [-0.2, 0) is 4.84 Å². The Morgan fingerprint density at radius 1 is 1.21 bits per heavy atom. The van der Waals surface area contributed by atoms with Crippen LogP contribution < -0.4 is 5.48 Å². The van der Waals surface area contributed by atoms with E-state index in [-0.39, 0.29) is 12.0 Å². The molecule has 3 rings (SSSR count). The Morgan fingerprint density at radius 3 is 2.89 bits per heavy atom. The van der Waals surface area contributed by atoms with Crippen LogP contribution in [0.5, 0.6) is 0 Å². The summed E-state index contributed by atoms with van der Waals surface area (Å²) in [4.78, 5) is 21.8. The number of hydroxylamine groups is 1. The summed E-state index contributed by atoms with van der Waals surface area (Å²) in [5.74, 6) is -0.203. The van der Waals surface area contributed by atoms with Gasteiger partial charge in [-0.15, -0.1) is 0 Å². The number of fused-ring (bicyclic) bond motifs is 1. The van der Waals surface area contributed by atoms with Gasteiger partial charge in [0.1, 0.15) is 0 Å². The fourth-order valence-electron chi connectivity index (χ4n) is 2.50. The summed E-state index contributed by atoms with van der Waals surface area (Å²) >= 11 is 0. The average Bonchev–Trinajstić information content (AvgIpc) is 2.97. The molecule has 0 bridgehead atoms. The van der Waals surface area contributed by atoms with E-state index in [9.17, 15) is 4.79 Å². The summed E-state index contributed by atoms with van der Waals surface area (Å²) in [6.45, 7) is 0. The molecule has 1 fully saturated rings. The Labute approximate surface area is 111 Å². The number of nitrogens with zero attached hydrogens (tertiary/aromatic N) is 1. The standard InChI is InChI=1S/C15H16N2O2/c18-15(17-19-11-5-1-2-6-11)13-7-3-9-14-12(13)8-4-10-16-14/h3-4,7-11H,1-2,5-6H2,(H,17,18). The molecule has 1 heterocycles. The summed E-state index contributed by atoms with van der Waals surface area (Å²) in [5, 5.41) is 0.845. The van der Waals surface area contributed by atoms with Gasteiger partial charge in [0.2, 0.25) is 0 Å². The van der Waals surface area contributed by atoms with Crippen molar-refractivity contribution in [2.45, 2.75) is 31.8 Å². The predicted octanol–water partition coefficient (Wildman–Crippen LogP) is 2.84. The fraction of sp³-hybridized carbons (Fsp3) is 0.333. The third-order valence-electron chi connectivity index (χ3n) is 3.51. The maximum absolute atomic E-state index is 12.2. The molecular formula is C15H16N2O2.